The molecule has 0 radical (unpaired) electrons. The summed E-state index contributed by atoms with van der Waals surface area (Å²) in [7, 11) is -8.26. The SMILES string of the molecule is N#CC(C#N)=C1c2cc(S(=O)(=O)N(Cc3ccccc3)Cc3ccccc3)ccc2-c2ccc(S(=O)(=O)N(Cc3ccccc3)Cc3ccccc3)cc21. The maximum absolute atomic E-state index is 14.5. The Morgan fingerprint density at radius 1 is 0.426 bits per heavy atom. The van der Waals surface area contributed by atoms with E-state index < -0.39 is 20.0 Å². The molecule has 0 fully saturated rings. The summed E-state index contributed by atoms with van der Waals surface area (Å²) in [5.74, 6) is 0. The van der Waals surface area contributed by atoms with Crippen LogP contribution < -0.4 is 0 Å². The maximum atomic E-state index is 14.5. The molecular weight excluding hydrogens is 713 g/mol. The standard InChI is InChI=1S/C44H34N4O4S2/c45-27-37(28-46)44-42-25-38(53(49,50)47(29-33-13-5-1-6-14-33)30-34-15-7-2-8-16-34)21-23-40(42)41-24-22-39(26-43(41)44)54(51,52)48(31-35-17-9-3-10-18-35)32-36-19-11-4-12-20-36/h1-26H,29-32H2. The largest absolute Gasteiger partial charge is 0.243 e. The fourth-order valence-corrected chi connectivity index (χ4v) is 9.59. The molecule has 7 rings (SSSR count). The minimum absolute atomic E-state index is 0.0154. The molecule has 8 nitrogen and oxygen atoms in total. The van der Waals surface area contributed by atoms with E-state index in [0.29, 0.717) is 22.3 Å². The molecule has 0 bridgehead atoms. The van der Waals surface area contributed by atoms with Crippen molar-refractivity contribution in [1.29, 1.82) is 10.5 Å². The van der Waals surface area contributed by atoms with Crippen LogP contribution in [0, 0.1) is 22.7 Å². The zero-order chi connectivity index (χ0) is 37.7. The summed E-state index contributed by atoms with van der Waals surface area (Å²) in [5, 5.41) is 20.3. The third kappa shape index (κ3) is 7.38. The molecule has 1 aliphatic carbocycles. The van der Waals surface area contributed by atoms with Crippen LogP contribution in [0.2, 0.25) is 0 Å². The molecule has 266 valence electrons. The Balaban J connectivity index is 1.30. The summed E-state index contributed by atoms with van der Waals surface area (Å²) in [6.07, 6.45) is 0. The minimum atomic E-state index is -4.13. The Morgan fingerprint density at radius 3 is 1.00 bits per heavy atom. The van der Waals surface area contributed by atoms with E-state index in [9.17, 15) is 27.4 Å². The van der Waals surface area contributed by atoms with Gasteiger partial charge in [-0.15, -0.1) is 0 Å². The summed E-state index contributed by atoms with van der Waals surface area (Å²) >= 11 is 0. The van der Waals surface area contributed by atoms with Crippen LogP contribution in [0.3, 0.4) is 0 Å². The maximum Gasteiger partial charge on any atom is 0.243 e. The van der Waals surface area contributed by atoms with Crippen molar-refractivity contribution in [3.63, 3.8) is 0 Å². The van der Waals surface area contributed by atoms with Gasteiger partial charge >= 0.3 is 0 Å². The van der Waals surface area contributed by atoms with Crippen molar-refractivity contribution in [3.05, 3.63) is 197 Å². The normalized spacial score (nSPS) is 12.2. The fourth-order valence-electron chi connectivity index (χ4n) is 6.70. The van der Waals surface area contributed by atoms with Gasteiger partial charge in [-0.3, -0.25) is 0 Å². The summed E-state index contributed by atoms with van der Waals surface area (Å²) in [6, 6.07) is 50.5. The van der Waals surface area contributed by atoms with Crippen LogP contribution in [0.1, 0.15) is 33.4 Å². The lowest BCUT2D eigenvalue weighted by atomic mass is 9.99. The van der Waals surface area contributed by atoms with Gasteiger partial charge in [0.15, 0.2) is 0 Å². The second kappa shape index (κ2) is 15.5. The topological polar surface area (TPSA) is 122 Å². The van der Waals surface area contributed by atoms with Crippen molar-refractivity contribution >= 4 is 25.6 Å². The van der Waals surface area contributed by atoms with Crippen molar-refractivity contribution < 1.29 is 16.8 Å². The lowest BCUT2D eigenvalue weighted by Crippen LogP contribution is -2.30. The summed E-state index contributed by atoms with van der Waals surface area (Å²) in [5.41, 5.74) is 5.09. The van der Waals surface area contributed by atoms with E-state index in [0.717, 1.165) is 22.3 Å². The summed E-state index contributed by atoms with van der Waals surface area (Å²) in [4.78, 5) is -0.0308. The Hall–Kier alpha value is -6.14. The molecule has 6 aromatic rings. The quantitative estimate of drug-likeness (QED) is 0.116. The van der Waals surface area contributed by atoms with Crippen molar-refractivity contribution in [2.24, 2.45) is 0 Å². The van der Waals surface area contributed by atoms with E-state index in [1.807, 2.05) is 133 Å². The smallest absolute Gasteiger partial charge is 0.207 e. The molecule has 1 aliphatic rings. The van der Waals surface area contributed by atoms with E-state index in [1.165, 1.54) is 32.9 Å². The van der Waals surface area contributed by atoms with Gasteiger partial charge in [0, 0.05) is 31.8 Å². The van der Waals surface area contributed by atoms with Crippen LogP contribution >= 0.6 is 0 Å². The first kappa shape index (κ1) is 36.2. The zero-order valence-corrected chi connectivity index (χ0v) is 30.7. The summed E-state index contributed by atoms with van der Waals surface area (Å²) < 4.78 is 60.7. The molecule has 0 aromatic heterocycles. The highest BCUT2D eigenvalue weighted by Crippen LogP contribution is 2.47. The Morgan fingerprint density at radius 2 is 0.722 bits per heavy atom. The molecule has 6 aromatic carbocycles. The molecule has 0 atom stereocenters. The van der Waals surface area contributed by atoms with Gasteiger partial charge in [-0.2, -0.15) is 19.1 Å². The number of allylic oxidation sites excluding steroid dienone is 1. The van der Waals surface area contributed by atoms with E-state index in [1.54, 1.807) is 12.1 Å². The van der Waals surface area contributed by atoms with E-state index >= 15 is 0 Å². The van der Waals surface area contributed by atoms with Gasteiger partial charge in [-0.1, -0.05) is 133 Å². The van der Waals surface area contributed by atoms with E-state index in [4.69, 9.17) is 0 Å². The van der Waals surface area contributed by atoms with Crippen molar-refractivity contribution in [2.75, 3.05) is 0 Å². The van der Waals surface area contributed by atoms with Gasteiger partial charge in [0.05, 0.1) is 9.79 Å². The third-order valence-corrected chi connectivity index (χ3v) is 12.9. The van der Waals surface area contributed by atoms with Crippen LogP contribution in [-0.2, 0) is 46.2 Å². The molecule has 0 aliphatic heterocycles. The predicted molar refractivity (Wildman–Crippen MR) is 208 cm³/mol. The molecule has 0 amide bonds. The summed E-state index contributed by atoms with van der Waals surface area (Å²) in [6.45, 7) is 0.458. The van der Waals surface area contributed by atoms with Crippen molar-refractivity contribution in [2.45, 2.75) is 36.0 Å². The van der Waals surface area contributed by atoms with Gasteiger partial charge < -0.3 is 0 Å². The molecule has 0 N–H and O–H groups in total. The first-order chi connectivity index (χ1) is 26.2. The molecule has 0 heterocycles. The molecule has 0 saturated heterocycles. The van der Waals surface area contributed by atoms with Crippen molar-refractivity contribution in [3.8, 4) is 23.3 Å². The van der Waals surface area contributed by atoms with Crippen LogP contribution in [0.5, 0.6) is 0 Å². The lowest BCUT2D eigenvalue weighted by Gasteiger charge is -2.23. The molecule has 54 heavy (non-hydrogen) atoms. The van der Waals surface area contributed by atoms with Gasteiger partial charge in [0.2, 0.25) is 20.0 Å². The third-order valence-electron chi connectivity index (χ3n) is 9.37. The molecule has 0 unspecified atom stereocenters. The highest BCUT2D eigenvalue weighted by Gasteiger charge is 2.33. The first-order valence-corrected chi connectivity index (χ1v) is 20.1. The minimum Gasteiger partial charge on any atom is -0.207 e. The lowest BCUT2D eigenvalue weighted by molar-refractivity contribution is 0.401. The molecule has 0 saturated carbocycles. The molecule has 0 spiro atoms. The Bertz CT molecular complexity index is 2390. The van der Waals surface area contributed by atoms with Gasteiger partial charge in [-0.25, -0.2) is 16.8 Å². The number of nitriles is 2. The Labute approximate surface area is 316 Å². The number of hydrogen-bond acceptors (Lipinski definition) is 6. The number of nitrogens with zero attached hydrogens (tertiary/aromatic N) is 4. The average molecular weight is 747 g/mol. The van der Waals surface area contributed by atoms with Crippen LogP contribution in [0.4, 0.5) is 0 Å². The zero-order valence-electron chi connectivity index (χ0n) is 29.1. The second-order valence-corrected chi connectivity index (χ2v) is 16.8. The van der Waals surface area contributed by atoms with Gasteiger partial charge in [-0.05, 0) is 68.8 Å². The number of sulfonamides is 2. The number of benzene rings is 6. The molecular formula is C44H34N4O4S2. The monoisotopic (exact) mass is 746 g/mol. The van der Waals surface area contributed by atoms with Crippen LogP contribution in [0.25, 0.3) is 16.7 Å². The van der Waals surface area contributed by atoms with E-state index in [2.05, 4.69) is 0 Å². The van der Waals surface area contributed by atoms with E-state index in [-0.39, 0.29) is 47.1 Å². The number of hydrogen-bond donors (Lipinski definition) is 0. The number of rotatable bonds is 12. The van der Waals surface area contributed by atoms with Gasteiger partial charge in [0.1, 0.15) is 17.7 Å². The second-order valence-electron chi connectivity index (χ2n) is 12.9. The fraction of sp³-hybridized carbons (Fsp3) is 0.0909. The predicted octanol–water partition coefficient (Wildman–Crippen LogP) is 8.30. The highest BCUT2D eigenvalue weighted by atomic mass is 32.2. The van der Waals surface area contributed by atoms with Crippen LogP contribution in [-0.4, -0.2) is 25.4 Å². The van der Waals surface area contributed by atoms with Crippen molar-refractivity contribution in [1.82, 2.24) is 8.61 Å². The Kier molecular flexibility index (Phi) is 10.4. The number of fused-ring (bicyclic) bond motifs is 3. The first-order valence-electron chi connectivity index (χ1n) is 17.2. The highest BCUT2D eigenvalue weighted by molar-refractivity contribution is 7.89. The average Bonchev–Trinajstić information content (AvgIpc) is 3.52. The molecule has 10 heteroatoms. The van der Waals surface area contributed by atoms with Gasteiger partial charge in [0.25, 0.3) is 0 Å². The van der Waals surface area contributed by atoms with Crippen LogP contribution in [0.15, 0.2) is 173 Å².